The normalized spacial score (nSPS) is 11.3. The lowest BCUT2D eigenvalue weighted by Crippen LogP contribution is -2.05. The zero-order valence-corrected chi connectivity index (χ0v) is 28.6. The van der Waals surface area contributed by atoms with Gasteiger partial charge in [-0.2, -0.15) is 5.26 Å². The minimum atomic E-state index is 0.510. The third-order valence-electron chi connectivity index (χ3n) is 9.99. The monoisotopic (exact) mass is 690 g/mol. The molecule has 0 aliphatic heterocycles. The summed E-state index contributed by atoms with van der Waals surface area (Å²) in [6, 6.07) is 47.0. The van der Waals surface area contributed by atoms with E-state index in [9.17, 15) is 5.26 Å². The molecule has 0 radical (unpaired) electrons. The molecule has 0 aliphatic rings. The number of para-hydroxylation sites is 2. The molecule has 6 aromatic carbocycles. The predicted molar refractivity (Wildman–Crippen MR) is 214 cm³/mol. The Kier molecular flexibility index (Phi) is 7.07. The molecule has 0 aliphatic carbocycles. The molecule has 250 valence electrons. The lowest BCUT2D eigenvalue weighted by atomic mass is 9.99. The molecule has 8 heteroatoms. The Morgan fingerprint density at radius 1 is 0.463 bits per heavy atom. The van der Waals surface area contributed by atoms with E-state index in [1.165, 1.54) is 0 Å². The fourth-order valence-corrected chi connectivity index (χ4v) is 7.64. The SMILES string of the molecule is [C-]#[N+]c1cccc(-c2cc(-n3c4ccccc4c4cc(-c5ncccn5)ccc43)c(C#N)c(-n3c4ccccc4c4cc(-c5ncccn5)ccc43)c2)c1. The highest BCUT2D eigenvalue weighted by molar-refractivity contribution is 6.12. The summed E-state index contributed by atoms with van der Waals surface area (Å²) >= 11 is 0. The first-order valence-electron chi connectivity index (χ1n) is 17.4. The van der Waals surface area contributed by atoms with Gasteiger partial charge < -0.3 is 9.13 Å². The summed E-state index contributed by atoms with van der Waals surface area (Å²) in [7, 11) is 0. The molecule has 54 heavy (non-hydrogen) atoms. The largest absolute Gasteiger partial charge is 0.308 e. The van der Waals surface area contributed by atoms with Crippen LogP contribution < -0.4 is 0 Å². The minimum absolute atomic E-state index is 0.510. The van der Waals surface area contributed by atoms with Crippen molar-refractivity contribution in [2.24, 2.45) is 0 Å². The van der Waals surface area contributed by atoms with E-state index in [1.807, 2.05) is 72.8 Å². The Hall–Kier alpha value is -7.94. The van der Waals surface area contributed by atoms with E-state index in [2.05, 4.69) is 101 Å². The van der Waals surface area contributed by atoms with E-state index in [1.54, 1.807) is 24.8 Å². The van der Waals surface area contributed by atoms with E-state index in [0.29, 0.717) is 22.9 Å². The van der Waals surface area contributed by atoms with Gasteiger partial charge in [0.15, 0.2) is 17.3 Å². The minimum Gasteiger partial charge on any atom is -0.308 e. The van der Waals surface area contributed by atoms with Crippen molar-refractivity contribution in [2.45, 2.75) is 0 Å². The van der Waals surface area contributed by atoms with Crippen LogP contribution >= 0.6 is 0 Å². The van der Waals surface area contributed by atoms with Crippen LogP contribution in [0.4, 0.5) is 5.69 Å². The average molecular weight is 691 g/mol. The third kappa shape index (κ3) is 4.83. The summed E-state index contributed by atoms with van der Waals surface area (Å²) in [6.07, 6.45) is 6.98. The van der Waals surface area contributed by atoms with Crippen molar-refractivity contribution >= 4 is 49.3 Å². The molecule has 0 bridgehead atoms. The number of hydrogen-bond acceptors (Lipinski definition) is 5. The zero-order chi connectivity index (χ0) is 36.2. The molecule has 0 saturated carbocycles. The quantitative estimate of drug-likeness (QED) is 0.168. The Labute approximate surface area is 309 Å². The molecule has 4 aromatic heterocycles. The van der Waals surface area contributed by atoms with Gasteiger partial charge in [-0.15, -0.1) is 0 Å². The van der Waals surface area contributed by atoms with Gasteiger partial charge in [0.1, 0.15) is 11.6 Å². The lowest BCUT2D eigenvalue weighted by molar-refractivity contribution is 1.12. The van der Waals surface area contributed by atoms with Crippen molar-refractivity contribution in [2.75, 3.05) is 0 Å². The highest BCUT2D eigenvalue weighted by Crippen LogP contribution is 2.41. The van der Waals surface area contributed by atoms with Gasteiger partial charge >= 0.3 is 0 Å². The Morgan fingerprint density at radius 3 is 1.46 bits per heavy atom. The van der Waals surface area contributed by atoms with Crippen LogP contribution in [0.3, 0.4) is 0 Å². The Bertz CT molecular complexity index is 3000. The Morgan fingerprint density at radius 2 is 0.963 bits per heavy atom. The molecule has 0 unspecified atom stereocenters. The van der Waals surface area contributed by atoms with Gasteiger partial charge in [0.2, 0.25) is 0 Å². The van der Waals surface area contributed by atoms with Crippen molar-refractivity contribution < 1.29 is 0 Å². The first kappa shape index (κ1) is 30.8. The molecule has 0 spiro atoms. The van der Waals surface area contributed by atoms with Gasteiger partial charge in [-0.1, -0.05) is 54.6 Å². The maximum atomic E-state index is 11.3. The lowest BCUT2D eigenvalue weighted by Gasteiger charge is -2.18. The van der Waals surface area contributed by atoms with Crippen LogP contribution in [0, 0.1) is 17.9 Å². The number of nitriles is 1. The average Bonchev–Trinajstić information content (AvgIpc) is 3.76. The molecule has 0 saturated heterocycles. The van der Waals surface area contributed by atoms with E-state index >= 15 is 0 Å². The number of nitrogens with zero attached hydrogens (tertiary/aromatic N) is 8. The van der Waals surface area contributed by atoms with Crippen LogP contribution in [-0.2, 0) is 0 Å². The maximum absolute atomic E-state index is 11.3. The molecular formula is C46H26N8. The maximum Gasteiger partial charge on any atom is 0.187 e. The first-order chi connectivity index (χ1) is 26.7. The molecule has 0 fully saturated rings. The smallest absolute Gasteiger partial charge is 0.187 e. The van der Waals surface area contributed by atoms with Crippen LogP contribution in [0.5, 0.6) is 0 Å². The fraction of sp³-hybridized carbons (Fsp3) is 0. The van der Waals surface area contributed by atoms with Crippen molar-refractivity contribution in [3.63, 3.8) is 0 Å². The Balaban J connectivity index is 1.31. The molecule has 0 N–H and O–H groups in total. The van der Waals surface area contributed by atoms with Crippen LogP contribution in [0.1, 0.15) is 5.56 Å². The third-order valence-corrected chi connectivity index (χ3v) is 9.99. The highest BCUT2D eigenvalue weighted by Gasteiger charge is 2.23. The summed E-state index contributed by atoms with van der Waals surface area (Å²) in [4.78, 5) is 21.8. The molecule has 0 atom stereocenters. The van der Waals surface area contributed by atoms with Crippen LogP contribution in [0.2, 0.25) is 0 Å². The second-order valence-corrected chi connectivity index (χ2v) is 13.0. The molecule has 8 nitrogen and oxygen atoms in total. The second-order valence-electron chi connectivity index (χ2n) is 13.0. The fourth-order valence-electron chi connectivity index (χ4n) is 7.64. The van der Waals surface area contributed by atoms with Crippen LogP contribution in [0.15, 0.2) is 158 Å². The zero-order valence-electron chi connectivity index (χ0n) is 28.6. The van der Waals surface area contributed by atoms with Crippen molar-refractivity contribution in [3.05, 3.63) is 175 Å². The van der Waals surface area contributed by atoms with Crippen molar-refractivity contribution in [3.8, 4) is 51.3 Å². The number of aromatic nitrogens is 6. The van der Waals surface area contributed by atoms with Gasteiger partial charge in [0, 0.05) is 57.5 Å². The van der Waals surface area contributed by atoms with Gasteiger partial charge in [-0.3, -0.25) is 0 Å². The molecule has 4 heterocycles. The summed E-state index contributed by atoms with van der Waals surface area (Å²) in [5.41, 5.74) is 9.89. The number of hydrogen-bond donors (Lipinski definition) is 0. The van der Waals surface area contributed by atoms with E-state index in [-0.39, 0.29) is 0 Å². The number of fused-ring (bicyclic) bond motifs is 6. The summed E-state index contributed by atoms with van der Waals surface area (Å²) in [6.45, 7) is 7.75. The second kappa shape index (κ2) is 12.4. The standard InChI is InChI=1S/C46H26N8/c1-48-33-10-6-9-29(23-33)32-26-43(53-39-13-4-2-11-34(39)36-24-30(15-17-41(36)53)45-49-19-7-20-50-45)38(28-47)44(27-32)54-40-14-5-3-12-35(40)37-25-31(16-18-42(37)54)46-51-21-8-22-52-46/h2-27H. The van der Waals surface area contributed by atoms with E-state index in [0.717, 1.165) is 77.2 Å². The molecule has 0 amide bonds. The highest BCUT2D eigenvalue weighted by atomic mass is 15.0. The van der Waals surface area contributed by atoms with Gasteiger partial charge in [0.25, 0.3) is 0 Å². The summed E-state index contributed by atoms with van der Waals surface area (Å²) in [5, 5.41) is 15.4. The molecule has 10 rings (SSSR count). The summed E-state index contributed by atoms with van der Waals surface area (Å²) < 4.78 is 4.37. The van der Waals surface area contributed by atoms with Crippen LogP contribution in [0.25, 0.3) is 93.7 Å². The number of rotatable bonds is 5. The summed E-state index contributed by atoms with van der Waals surface area (Å²) in [5.74, 6) is 1.29. The number of benzene rings is 6. The van der Waals surface area contributed by atoms with Gasteiger partial charge in [-0.25, -0.2) is 24.8 Å². The van der Waals surface area contributed by atoms with Crippen molar-refractivity contribution in [1.82, 2.24) is 29.1 Å². The van der Waals surface area contributed by atoms with Gasteiger partial charge in [0.05, 0.1) is 40.0 Å². The van der Waals surface area contributed by atoms with Crippen LogP contribution in [-0.4, -0.2) is 29.1 Å². The predicted octanol–water partition coefficient (Wildman–Crippen LogP) is 10.9. The van der Waals surface area contributed by atoms with E-state index < -0.39 is 0 Å². The molecular weight excluding hydrogens is 665 g/mol. The first-order valence-corrected chi connectivity index (χ1v) is 17.4. The van der Waals surface area contributed by atoms with Gasteiger partial charge in [-0.05, 0) is 90.0 Å². The molecule has 10 aromatic rings. The topological polar surface area (TPSA) is 89.6 Å². The van der Waals surface area contributed by atoms with Crippen molar-refractivity contribution in [1.29, 1.82) is 5.26 Å². The van der Waals surface area contributed by atoms with E-state index in [4.69, 9.17) is 6.57 Å².